The van der Waals surface area contributed by atoms with Crippen molar-refractivity contribution in [2.24, 2.45) is 0 Å². The van der Waals surface area contributed by atoms with Crippen LogP contribution in [0.1, 0.15) is 15.9 Å². The molecule has 29 heavy (non-hydrogen) atoms. The molecule has 0 fully saturated rings. The van der Waals surface area contributed by atoms with Crippen LogP contribution in [0.5, 0.6) is 0 Å². The first-order chi connectivity index (χ1) is 14.1. The zero-order chi connectivity index (χ0) is 20.4. The number of carbonyl (C=O) groups is 1. The van der Waals surface area contributed by atoms with E-state index in [1.165, 1.54) is 12.1 Å². The van der Waals surface area contributed by atoms with Gasteiger partial charge in [-0.3, -0.25) is 14.9 Å². The lowest BCUT2D eigenvalue weighted by atomic mass is 10.1. The van der Waals surface area contributed by atoms with Gasteiger partial charge in [-0.25, -0.2) is 4.98 Å². The van der Waals surface area contributed by atoms with Gasteiger partial charge in [0.05, 0.1) is 16.0 Å². The standard InChI is InChI=1S/C22H18N4O3/c1-23-22(27)17-9-12-20-19(13-17)24-21(16-7-10-18(11-8-16)26(28)29)25(20)14-15-5-3-2-4-6-15/h2-13H,14H2,1H3,(H,23,27). The number of non-ortho nitro benzene ring substituents is 1. The molecule has 1 N–H and O–H groups in total. The molecule has 7 heteroatoms. The summed E-state index contributed by atoms with van der Waals surface area (Å²) in [4.78, 5) is 27.3. The fourth-order valence-electron chi connectivity index (χ4n) is 3.29. The summed E-state index contributed by atoms with van der Waals surface area (Å²) in [6.07, 6.45) is 0. The number of benzene rings is 3. The van der Waals surface area contributed by atoms with Crippen molar-refractivity contribution >= 4 is 22.6 Å². The van der Waals surface area contributed by atoms with Crippen LogP contribution < -0.4 is 5.32 Å². The zero-order valence-corrected chi connectivity index (χ0v) is 15.7. The molecule has 0 saturated carbocycles. The van der Waals surface area contributed by atoms with Gasteiger partial charge < -0.3 is 9.88 Å². The molecule has 0 bridgehead atoms. The number of nitro groups is 1. The van der Waals surface area contributed by atoms with Gasteiger partial charge in [-0.05, 0) is 35.9 Å². The van der Waals surface area contributed by atoms with Gasteiger partial charge in [0.25, 0.3) is 11.6 Å². The lowest BCUT2D eigenvalue weighted by Gasteiger charge is -2.10. The Labute approximate surface area is 166 Å². The summed E-state index contributed by atoms with van der Waals surface area (Å²) < 4.78 is 2.06. The van der Waals surface area contributed by atoms with E-state index in [2.05, 4.69) is 9.88 Å². The van der Waals surface area contributed by atoms with Crippen LogP contribution in [-0.2, 0) is 6.54 Å². The number of aromatic nitrogens is 2. The molecule has 4 rings (SSSR count). The number of hydrogen-bond acceptors (Lipinski definition) is 4. The van der Waals surface area contributed by atoms with E-state index in [0.717, 1.165) is 16.6 Å². The molecule has 4 aromatic rings. The summed E-state index contributed by atoms with van der Waals surface area (Å²) in [5.74, 6) is 0.509. The van der Waals surface area contributed by atoms with Crippen LogP contribution in [0.4, 0.5) is 5.69 Å². The number of hydrogen-bond donors (Lipinski definition) is 1. The molecule has 3 aromatic carbocycles. The summed E-state index contributed by atoms with van der Waals surface area (Å²) in [5, 5.41) is 13.6. The topological polar surface area (TPSA) is 90.1 Å². The molecule has 0 aliphatic carbocycles. The predicted molar refractivity (Wildman–Crippen MR) is 111 cm³/mol. The molecule has 0 spiro atoms. The first-order valence-corrected chi connectivity index (χ1v) is 9.08. The summed E-state index contributed by atoms with van der Waals surface area (Å²) in [7, 11) is 1.59. The third kappa shape index (κ3) is 3.58. The van der Waals surface area contributed by atoms with E-state index < -0.39 is 4.92 Å². The Morgan fingerprint density at radius 1 is 1.07 bits per heavy atom. The van der Waals surface area contributed by atoms with Crippen LogP contribution in [-0.4, -0.2) is 27.4 Å². The van der Waals surface area contributed by atoms with Gasteiger partial charge in [0, 0.05) is 36.9 Å². The Kier molecular flexibility index (Phi) is 4.78. The fourth-order valence-corrected chi connectivity index (χ4v) is 3.29. The zero-order valence-electron chi connectivity index (χ0n) is 15.7. The molecular weight excluding hydrogens is 368 g/mol. The minimum atomic E-state index is -0.424. The summed E-state index contributed by atoms with van der Waals surface area (Å²) >= 11 is 0. The number of nitro benzene ring substituents is 1. The third-order valence-corrected chi connectivity index (χ3v) is 4.76. The summed E-state index contributed by atoms with van der Waals surface area (Å²) in [6.45, 7) is 0.586. The Morgan fingerprint density at radius 3 is 2.45 bits per heavy atom. The van der Waals surface area contributed by atoms with Crippen molar-refractivity contribution in [1.82, 2.24) is 14.9 Å². The number of fused-ring (bicyclic) bond motifs is 1. The van der Waals surface area contributed by atoms with Crippen LogP contribution >= 0.6 is 0 Å². The second-order valence-electron chi connectivity index (χ2n) is 6.59. The molecule has 0 saturated heterocycles. The fraction of sp³-hybridized carbons (Fsp3) is 0.0909. The van der Waals surface area contributed by atoms with Gasteiger partial charge in [0.1, 0.15) is 5.82 Å². The van der Waals surface area contributed by atoms with Crippen molar-refractivity contribution in [2.45, 2.75) is 6.54 Å². The first-order valence-electron chi connectivity index (χ1n) is 9.08. The summed E-state index contributed by atoms with van der Waals surface area (Å²) in [5.41, 5.74) is 4.00. The van der Waals surface area contributed by atoms with Crippen molar-refractivity contribution in [3.8, 4) is 11.4 Å². The molecule has 0 radical (unpaired) electrons. The highest BCUT2D eigenvalue weighted by Gasteiger charge is 2.16. The molecule has 0 atom stereocenters. The molecule has 144 valence electrons. The normalized spacial score (nSPS) is 10.8. The maximum absolute atomic E-state index is 12.0. The maximum Gasteiger partial charge on any atom is 0.269 e. The van der Waals surface area contributed by atoms with Crippen molar-refractivity contribution < 1.29 is 9.72 Å². The average Bonchev–Trinajstić information content (AvgIpc) is 3.11. The number of nitrogens with one attached hydrogen (secondary N) is 1. The van der Waals surface area contributed by atoms with E-state index in [0.29, 0.717) is 23.4 Å². The van der Waals surface area contributed by atoms with Crippen LogP contribution in [0.3, 0.4) is 0 Å². The van der Waals surface area contributed by atoms with Crippen LogP contribution in [0.2, 0.25) is 0 Å². The van der Waals surface area contributed by atoms with Crippen molar-refractivity contribution in [2.75, 3.05) is 7.05 Å². The van der Waals surface area contributed by atoms with Crippen molar-refractivity contribution in [3.63, 3.8) is 0 Å². The largest absolute Gasteiger partial charge is 0.355 e. The minimum absolute atomic E-state index is 0.0290. The molecular formula is C22H18N4O3. The number of imidazole rings is 1. The highest BCUT2D eigenvalue weighted by Crippen LogP contribution is 2.28. The van der Waals surface area contributed by atoms with Gasteiger partial charge in [0.2, 0.25) is 0 Å². The third-order valence-electron chi connectivity index (χ3n) is 4.76. The molecule has 1 aromatic heterocycles. The molecule has 0 unspecified atom stereocenters. The van der Waals surface area contributed by atoms with E-state index in [9.17, 15) is 14.9 Å². The van der Waals surface area contributed by atoms with Gasteiger partial charge in [-0.2, -0.15) is 0 Å². The van der Waals surface area contributed by atoms with E-state index in [4.69, 9.17) is 4.98 Å². The van der Waals surface area contributed by atoms with Crippen LogP contribution in [0, 0.1) is 10.1 Å². The van der Waals surface area contributed by atoms with E-state index in [1.807, 2.05) is 36.4 Å². The van der Waals surface area contributed by atoms with Crippen molar-refractivity contribution in [3.05, 3.63) is 94.0 Å². The maximum atomic E-state index is 12.0. The molecule has 0 aliphatic heterocycles. The van der Waals surface area contributed by atoms with Crippen molar-refractivity contribution in [1.29, 1.82) is 0 Å². The van der Waals surface area contributed by atoms with Gasteiger partial charge in [-0.15, -0.1) is 0 Å². The number of amides is 1. The van der Waals surface area contributed by atoms with Gasteiger partial charge >= 0.3 is 0 Å². The first kappa shape index (κ1) is 18.4. The van der Waals surface area contributed by atoms with Gasteiger partial charge in [-0.1, -0.05) is 30.3 Å². The smallest absolute Gasteiger partial charge is 0.269 e. The summed E-state index contributed by atoms with van der Waals surface area (Å²) in [6, 6.07) is 21.7. The Balaban J connectivity index is 1.87. The average molecular weight is 386 g/mol. The molecule has 1 heterocycles. The lowest BCUT2D eigenvalue weighted by Crippen LogP contribution is -2.17. The number of nitrogens with zero attached hydrogens (tertiary/aromatic N) is 3. The predicted octanol–water partition coefficient (Wildman–Crippen LogP) is 4.02. The quantitative estimate of drug-likeness (QED) is 0.414. The Morgan fingerprint density at radius 2 is 1.79 bits per heavy atom. The Bertz CT molecular complexity index is 1200. The van der Waals surface area contributed by atoms with E-state index >= 15 is 0 Å². The van der Waals surface area contributed by atoms with Crippen LogP contribution in [0.15, 0.2) is 72.8 Å². The van der Waals surface area contributed by atoms with Crippen LogP contribution in [0.25, 0.3) is 22.4 Å². The number of carbonyl (C=O) groups excluding carboxylic acids is 1. The van der Waals surface area contributed by atoms with E-state index in [1.54, 1.807) is 31.3 Å². The number of rotatable bonds is 5. The highest BCUT2D eigenvalue weighted by molar-refractivity contribution is 5.97. The molecule has 1 amide bonds. The van der Waals surface area contributed by atoms with Gasteiger partial charge in [0.15, 0.2) is 0 Å². The highest BCUT2D eigenvalue weighted by atomic mass is 16.6. The SMILES string of the molecule is CNC(=O)c1ccc2c(c1)nc(-c1ccc([N+](=O)[O-])cc1)n2Cc1ccccc1. The Hall–Kier alpha value is -4.00. The molecule has 7 nitrogen and oxygen atoms in total. The second-order valence-corrected chi connectivity index (χ2v) is 6.59. The minimum Gasteiger partial charge on any atom is -0.355 e. The lowest BCUT2D eigenvalue weighted by molar-refractivity contribution is -0.384. The molecule has 0 aliphatic rings. The van der Waals surface area contributed by atoms with E-state index in [-0.39, 0.29) is 11.6 Å². The second kappa shape index (κ2) is 7.55. The monoisotopic (exact) mass is 386 g/mol.